The predicted molar refractivity (Wildman–Crippen MR) is 62.5 cm³/mol. The zero-order valence-corrected chi connectivity index (χ0v) is 9.93. The summed E-state index contributed by atoms with van der Waals surface area (Å²) >= 11 is 1.80. The van der Waals surface area contributed by atoms with Gasteiger partial charge in [0, 0.05) is 22.3 Å². The van der Waals surface area contributed by atoms with Gasteiger partial charge in [0.1, 0.15) is 0 Å². The number of aryl methyl sites for hydroxylation is 1. The highest BCUT2D eigenvalue weighted by Gasteiger charge is 2.05. The molecule has 4 heteroatoms. The molecule has 0 amide bonds. The van der Waals surface area contributed by atoms with Crippen LogP contribution in [0, 0.1) is 6.92 Å². The molecule has 0 bridgehead atoms. The molecule has 3 nitrogen and oxygen atoms in total. The molecule has 84 valence electrons. The van der Waals surface area contributed by atoms with Crippen LogP contribution >= 0.6 is 11.3 Å². The highest BCUT2D eigenvalue weighted by molar-refractivity contribution is 7.11. The maximum absolute atomic E-state index is 10.3. The molecule has 0 saturated heterocycles. The number of carboxylic acids is 1. The van der Waals surface area contributed by atoms with Crippen LogP contribution in [-0.2, 0) is 11.2 Å². The van der Waals surface area contributed by atoms with Gasteiger partial charge in [-0.3, -0.25) is 4.79 Å². The highest BCUT2D eigenvalue weighted by Crippen LogP contribution is 2.16. The maximum atomic E-state index is 10.3. The fourth-order valence-electron chi connectivity index (χ4n) is 1.39. The molecule has 1 heterocycles. The fraction of sp³-hybridized carbons (Fsp3) is 0.545. The Kier molecular flexibility index (Phi) is 4.78. The summed E-state index contributed by atoms with van der Waals surface area (Å²) in [5.74, 6) is -0.748. The summed E-state index contributed by atoms with van der Waals surface area (Å²) in [7, 11) is 0. The van der Waals surface area contributed by atoms with Gasteiger partial charge in [0.25, 0.3) is 0 Å². The van der Waals surface area contributed by atoms with E-state index in [0.717, 1.165) is 6.42 Å². The van der Waals surface area contributed by atoms with Gasteiger partial charge in [-0.15, -0.1) is 11.3 Å². The van der Waals surface area contributed by atoms with Gasteiger partial charge in [0.15, 0.2) is 0 Å². The van der Waals surface area contributed by atoms with E-state index < -0.39 is 5.97 Å². The third-order valence-electron chi connectivity index (χ3n) is 2.14. The van der Waals surface area contributed by atoms with Gasteiger partial charge >= 0.3 is 5.97 Å². The van der Waals surface area contributed by atoms with Crippen LogP contribution in [0.3, 0.4) is 0 Å². The monoisotopic (exact) mass is 227 g/mol. The third kappa shape index (κ3) is 4.95. The van der Waals surface area contributed by atoms with E-state index in [1.807, 2.05) is 0 Å². The van der Waals surface area contributed by atoms with Gasteiger partial charge < -0.3 is 10.4 Å². The number of nitrogens with one attached hydrogen (secondary N) is 1. The number of rotatable bonds is 6. The summed E-state index contributed by atoms with van der Waals surface area (Å²) in [5, 5.41) is 11.7. The van der Waals surface area contributed by atoms with Crippen molar-refractivity contribution in [3.63, 3.8) is 0 Å². The van der Waals surface area contributed by atoms with Crippen LogP contribution in [0.25, 0.3) is 0 Å². The van der Waals surface area contributed by atoms with Gasteiger partial charge in [-0.2, -0.15) is 0 Å². The molecular formula is C11H17NO2S. The second kappa shape index (κ2) is 5.88. The third-order valence-corrected chi connectivity index (χ3v) is 3.16. The van der Waals surface area contributed by atoms with E-state index in [0.29, 0.717) is 12.6 Å². The molecule has 1 unspecified atom stereocenters. The summed E-state index contributed by atoms with van der Waals surface area (Å²) in [6.45, 7) is 4.72. The number of carbonyl (C=O) groups is 1. The number of hydrogen-bond acceptors (Lipinski definition) is 3. The smallest absolute Gasteiger partial charge is 0.304 e. The second-order valence-corrected chi connectivity index (χ2v) is 5.09. The van der Waals surface area contributed by atoms with Crippen molar-refractivity contribution >= 4 is 17.3 Å². The lowest BCUT2D eigenvalue weighted by Crippen LogP contribution is -2.29. The van der Waals surface area contributed by atoms with Crippen molar-refractivity contribution in [1.82, 2.24) is 5.32 Å². The van der Waals surface area contributed by atoms with E-state index in [9.17, 15) is 4.79 Å². The quantitative estimate of drug-likeness (QED) is 0.782. The first-order valence-electron chi connectivity index (χ1n) is 5.08. The average Bonchev–Trinajstić information content (AvgIpc) is 2.50. The van der Waals surface area contributed by atoms with Gasteiger partial charge in [-0.1, -0.05) is 0 Å². The Bertz CT molecular complexity index is 322. The van der Waals surface area contributed by atoms with Crippen LogP contribution in [0.1, 0.15) is 23.1 Å². The minimum atomic E-state index is -0.748. The first kappa shape index (κ1) is 12.2. The Labute approximate surface area is 94.1 Å². The topological polar surface area (TPSA) is 49.3 Å². The van der Waals surface area contributed by atoms with Crippen molar-refractivity contribution in [1.29, 1.82) is 0 Å². The molecule has 0 saturated carbocycles. The standard InChI is InChI=1S/C11H17NO2S/c1-8(12-6-5-11(13)14)7-10-4-3-9(2)15-10/h3-4,8,12H,5-7H2,1-2H3,(H,13,14). The molecule has 0 spiro atoms. The zero-order valence-electron chi connectivity index (χ0n) is 9.12. The van der Waals surface area contributed by atoms with Crippen LogP contribution < -0.4 is 5.32 Å². The highest BCUT2D eigenvalue weighted by atomic mass is 32.1. The molecule has 15 heavy (non-hydrogen) atoms. The van der Waals surface area contributed by atoms with E-state index in [-0.39, 0.29) is 6.42 Å². The molecule has 2 N–H and O–H groups in total. The van der Waals surface area contributed by atoms with E-state index >= 15 is 0 Å². The molecule has 1 atom stereocenters. The summed E-state index contributed by atoms with van der Waals surface area (Å²) in [5.41, 5.74) is 0. The van der Waals surface area contributed by atoms with E-state index in [1.54, 1.807) is 11.3 Å². The molecule has 1 aromatic heterocycles. The maximum Gasteiger partial charge on any atom is 0.304 e. The van der Waals surface area contributed by atoms with Crippen LogP contribution in [-0.4, -0.2) is 23.7 Å². The van der Waals surface area contributed by atoms with E-state index in [1.165, 1.54) is 9.75 Å². The van der Waals surface area contributed by atoms with Crippen LogP contribution in [0.5, 0.6) is 0 Å². The molecular weight excluding hydrogens is 210 g/mol. The Balaban J connectivity index is 2.24. The number of hydrogen-bond donors (Lipinski definition) is 2. The lowest BCUT2D eigenvalue weighted by atomic mass is 10.2. The van der Waals surface area contributed by atoms with Crippen LogP contribution in [0.2, 0.25) is 0 Å². The second-order valence-electron chi connectivity index (χ2n) is 3.72. The molecule has 0 radical (unpaired) electrons. The average molecular weight is 227 g/mol. The molecule has 1 rings (SSSR count). The van der Waals surface area contributed by atoms with Gasteiger partial charge in [0.2, 0.25) is 0 Å². The number of aliphatic carboxylic acids is 1. The SMILES string of the molecule is Cc1ccc(CC(C)NCCC(=O)O)s1. The minimum Gasteiger partial charge on any atom is -0.481 e. The normalized spacial score (nSPS) is 12.7. The Hall–Kier alpha value is -0.870. The first-order chi connectivity index (χ1) is 7.08. The molecule has 0 aliphatic rings. The predicted octanol–water partition coefficient (Wildman–Crippen LogP) is 2.05. The van der Waals surface area contributed by atoms with Gasteiger partial charge in [-0.25, -0.2) is 0 Å². The van der Waals surface area contributed by atoms with E-state index in [4.69, 9.17) is 5.11 Å². The van der Waals surface area contributed by atoms with Crippen molar-refractivity contribution in [2.45, 2.75) is 32.7 Å². The number of carboxylic acid groups (broad SMARTS) is 1. The first-order valence-corrected chi connectivity index (χ1v) is 5.90. The molecule has 1 aromatic rings. The number of thiophene rings is 1. The molecule has 0 aliphatic heterocycles. The summed E-state index contributed by atoms with van der Waals surface area (Å²) < 4.78 is 0. The van der Waals surface area contributed by atoms with Gasteiger partial charge in [0.05, 0.1) is 6.42 Å². The Morgan fingerprint density at radius 3 is 2.87 bits per heavy atom. The van der Waals surface area contributed by atoms with Gasteiger partial charge in [-0.05, 0) is 32.4 Å². The summed E-state index contributed by atoms with van der Waals surface area (Å²) in [6, 6.07) is 4.58. The van der Waals surface area contributed by atoms with Crippen LogP contribution in [0.15, 0.2) is 12.1 Å². The lowest BCUT2D eigenvalue weighted by molar-refractivity contribution is -0.136. The van der Waals surface area contributed by atoms with Crippen molar-refractivity contribution in [2.75, 3.05) is 6.54 Å². The van der Waals surface area contributed by atoms with E-state index in [2.05, 4.69) is 31.3 Å². The fourth-order valence-corrected chi connectivity index (χ4v) is 2.41. The van der Waals surface area contributed by atoms with Crippen molar-refractivity contribution < 1.29 is 9.90 Å². The van der Waals surface area contributed by atoms with Crippen molar-refractivity contribution in [3.05, 3.63) is 21.9 Å². The summed E-state index contributed by atoms with van der Waals surface area (Å²) in [4.78, 5) is 13.0. The lowest BCUT2D eigenvalue weighted by Gasteiger charge is -2.11. The summed E-state index contributed by atoms with van der Waals surface area (Å²) in [6.07, 6.45) is 1.16. The largest absolute Gasteiger partial charge is 0.481 e. The molecule has 0 aliphatic carbocycles. The Morgan fingerprint density at radius 2 is 2.33 bits per heavy atom. The van der Waals surface area contributed by atoms with Crippen LogP contribution in [0.4, 0.5) is 0 Å². The Morgan fingerprint density at radius 1 is 1.60 bits per heavy atom. The zero-order chi connectivity index (χ0) is 11.3. The minimum absolute atomic E-state index is 0.188. The van der Waals surface area contributed by atoms with Crippen molar-refractivity contribution in [3.8, 4) is 0 Å². The van der Waals surface area contributed by atoms with Crippen molar-refractivity contribution in [2.24, 2.45) is 0 Å². The molecule has 0 fully saturated rings. The molecule has 0 aromatic carbocycles.